The van der Waals surface area contributed by atoms with Gasteiger partial charge in [0.1, 0.15) is 0 Å². The topological polar surface area (TPSA) is 61.8 Å². The summed E-state index contributed by atoms with van der Waals surface area (Å²) in [5.74, 6) is 1.59. The maximum atomic E-state index is 5.76. The highest BCUT2D eigenvalue weighted by molar-refractivity contribution is 5.80. The van der Waals surface area contributed by atoms with E-state index in [4.69, 9.17) is 9.73 Å². The van der Waals surface area contributed by atoms with E-state index < -0.39 is 0 Å². The van der Waals surface area contributed by atoms with Gasteiger partial charge in [0.25, 0.3) is 0 Å². The van der Waals surface area contributed by atoms with Crippen LogP contribution in [0, 0.1) is 0 Å². The normalized spacial score (nSPS) is 21.6. The summed E-state index contributed by atoms with van der Waals surface area (Å²) in [4.78, 5) is 11.8. The molecule has 1 aliphatic carbocycles. The van der Waals surface area contributed by atoms with Crippen LogP contribution in [0.25, 0.3) is 0 Å². The van der Waals surface area contributed by atoms with Crippen LogP contribution in [0.5, 0.6) is 5.88 Å². The molecular formula is C21H35N5O. The highest BCUT2D eigenvalue weighted by Gasteiger charge is 2.30. The van der Waals surface area contributed by atoms with Gasteiger partial charge >= 0.3 is 0 Å². The summed E-state index contributed by atoms with van der Waals surface area (Å²) in [6, 6.07) is 5.28. The minimum Gasteiger partial charge on any atom is -0.477 e. The summed E-state index contributed by atoms with van der Waals surface area (Å²) in [7, 11) is 0. The fourth-order valence-electron chi connectivity index (χ4n) is 4.06. The predicted octanol–water partition coefficient (Wildman–Crippen LogP) is 2.94. The van der Waals surface area contributed by atoms with Gasteiger partial charge in [-0.05, 0) is 38.7 Å². The summed E-state index contributed by atoms with van der Waals surface area (Å²) in [6.45, 7) is 8.66. The number of pyridine rings is 1. The molecule has 2 fully saturated rings. The first-order valence-corrected chi connectivity index (χ1v) is 10.7. The molecule has 6 nitrogen and oxygen atoms in total. The largest absolute Gasteiger partial charge is 0.477 e. The van der Waals surface area contributed by atoms with Gasteiger partial charge in [-0.2, -0.15) is 0 Å². The molecule has 1 saturated carbocycles. The highest BCUT2D eigenvalue weighted by Crippen LogP contribution is 2.26. The Hall–Kier alpha value is -1.82. The summed E-state index contributed by atoms with van der Waals surface area (Å²) in [5.41, 5.74) is 1.03. The van der Waals surface area contributed by atoms with Crippen molar-refractivity contribution in [2.45, 2.75) is 71.0 Å². The molecule has 0 radical (unpaired) electrons. The van der Waals surface area contributed by atoms with Crippen molar-refractivity contribution >= 4 is 5.96 Å². The van der Waals surface area contributed by atoms with Gasteiger partial charge < -0.3 is 15.4 Å². The zero-order valence-corrected chi connectivity index (χ0v) is 16.9. The zero-order valence-electron chi connectivity index (χ0n) is 16.9. The van der Waals surface area contributed by atoms with E-state index in [9.17, 15) is 0 Å². The van der Waals surface area contributed by atoms with E-state index in [0.29, 0.717) is 25.1 Å². The summed E-state index contributed by atoms with van der Waals surface area (Å²) in [5, 5.41) is 7.03. The lowest BCUT2D eigenvalue weighted by atomic mass is 10.2. The number of rotatable bonds is 8. The second kappa shape index (κ2) is 10.5. The molecule has 3 rings (SSSR count). The van der Waals surface area contributed by atoms with Crippen LogP contribution in [0.3, 0.4) is 0 Å². The molecule has 6 heteroatoms. The summed E-state index contributed by atoms with van der Waals surface area (Å²) < 4.78 is 5.76. The number of nitrogens with one attached hydrogen (secondary N) is 2. The second-order valence-corrected chi connectivity index (χ2v) is 7.57. The molecule has 1 atom stereocenters. The van der Waals surface area contributed by atoms with Crippen molar-refractivity contribution in [1.82, 2.24) is 20.5 Å². The molecule has 1 aromatic heterocycles. The average molecular weight is 374 g/mol. The van der Waals surface area contributed by atoms with E-state index in [2.05, 4.69) is 34.4 Å². The van der Waals surface area contributed by atoms with Crippen molar-refractivity contribution in [2.24, 2.45) is 4.99 Å². The molecule has 27 heavy (non-hydrogen) atoms. The van der Waals surface area contributed by atoms with Gasteiger partial charge in [-0.3, -0.25) is 4.90 Å². The Bertz CT molecular complexity index is 600. The van der Waals surface area contributed by atoms with Crippen molar-refractivity contribution in [1.29, 1.82) is 0 Å². The minimum absolute atomic E-state index is 0.480. The van der Waals surface area contributed by atoms with Crippen molar-refractivity contribution in [3.05, 3.63) is 23.9 Å². The lowest BCUT2D eigenvalue weighted by molar-refractivity contribution is 0.242. The summed E-state index contributed by atoms with van der Waals surface area (Å²) >= 11 is 0. The quantitative estimate of drug-likeness (QED) is 0.542. The van der Waals surface area contributed by atoms with Crippen LogP contribution in [0.2, 0.25) is 0 Å². The van der Waals surface area contributed by atoms with Gasteiger partial charge in [-0.25, -0.2) is 9.98 Å². The van der Waals surface area contributed by atoms with E-state index in [1.807, 2.05) is 12.1 Å². The maximum Gasteiger partial charge on any atom is 0.218 e. The molecule has 2 N–H and O–H groups in total. The molecule has 1 unspecified atom stereocenters. The van der Waals surface area contributed by atoms with Crippen LogP contribution in [-0.4, -0.2) is 54.2 Å². The molecule has 1 saturated heterocycles. The van der Waals surface area contributed by atoms with Gasteiger partial charge in [0, 0.05) is 43.5 Å². The highest BCUT2D eigenvalue weighted by atomic mass is 16.5. The van der Waals surface area contributed by atoms with E-state index in [1.54, 1.807) is 6.20 Å². The molecule has 2 heterocycles. The smallest absolute Gasteiger partial charge is 0.218 e. The molecule has 1 aromatic rings. The van der Waals surface area contributed by atoms with Crippen molar-refractivity contribution in [3.63, 3.8) is 0 Å². The first-order chi connectivity index (χ1) is 13.3. The molecule has 0 amide bonds. The lowest BCUT2D eigenvalue weighted by Gasteiger charge is -2.24. The number of hydrogen-bond donors (Lipinski definition) is 2. The maximum absolute atomic E-state index is 5.76. The molecule has 1 aliphatic heterocycles. The first kappa shape index (κ1) is 19.9. The van der Waals surface area contributed by atoms with Gasteiger partial charge in [0.15, 0.2) is 5.96 Å². The summed E-state index contributed by atoms with van der Waals surface area (Å²) in [6.07, 6.45) is 9.50. The molecule has 2 aliphatic rings. The SMILES string of the molecule is CCCOc1ncccc1CN=C(NCC)NC1CCN(C2CCCC2)C1. The van der Waals surface area contributed by atoms with Gasteiger partial charge in [-0.1, -0.05) is 25.8 Å². The first-order valence-electron chi connectivity index (χ1n) is 10.7. The van der Waals surface area contributed by atoms with E-state index in [0.717, 1.165) is 37.1 Å². The molecule has 150 valence electrons. The van der Waals surface area contributed by atoms with Crippen LogP contribution in [0.1, 0.15) is 57.9 Å². The van der Waals surface area contributed by atoms with Crippen LogP contribution in [0.4, 0.5) is 0 Å². The van der Waals surface area contributed by atoms with Gasteiger partial charge in [-0.15, -0.1) is 0 Å². The van der Waals surface area contributed by atoms with Crippen LogP contribution in [0.15, 0.2) is 23.3 Å². The average Bonchev–Trinajstić information content (AvgIpc) is 3.37. The number of hydrogen-bond acceptors (Lipinski definition) is 4. The number of guanidine groups is 1. The molecule has 0 bridgehead atoms. The molecule has 0 aromatic carbocycles. The van der Waals surface area contributed by atoms with Gasteiger partial charge in [0.05, 0.1) is 13.2 Å². The lowest BCUT2D eigenvalue weighted by Crippen LogP contribution is -2.45. The van der Waals surface area contributed by atoms with E-state index in [-0.39, 0.29) is 0 Å². The predicted molar refractivity (Wildman–Crippen MR) is 110 cm³/mol. The van der Waals surface area contributed by atoms with Crippen LogP contribution in [-0.2, 0) is 6.54 Å². The van der Waals surface area contributed by atoms with Crippen molar-refractivity contribution in [2.75, 3.05) is 26.2 Å². The van der Waals surface area contributed by atoms with Crippen LogP contribution >= 0.6 is 0 Å². The third-order valence-electron chi connectivity index (χ3n) is 5.45. The standard InChI is InChI=1S/C21H35N5O/c1-3-14-27-20-17(8-7-12-23-20)15-24-21(22-4-2)25-18-11-13-26(16-18)19-9-5-6-10-19/h7-8,12,18-19H,3-6,9-11,13-16H2,1-2H3,(H2,22,24,25). The third kappa shape index (κ3) is 5.83. The second-order valence-electron chi connectivity index (χ2n) is 7.57. The minimum atomic E-state index is 0.480. The van der Waals surface area contributed by atoms with E-state index >= 15 is 0 Å². The Morgan fingerprint density at radius 3 is 2.93 bits per heavy atom. The van der Waals surface area contributed by atoms with Crippen molar-refractivity contribution in [3.8, 4) is 5.88 Å². The Morgan fingerprint density at radius 2 is 2.15 bits per heavy atom. The fourth-order valence-corrected chi connectivity index (χ4v) is 4.06. The van der Waals surface area contributed by atoms with Crippen LogP contribution < -0.4 is 15.4 Å². The van der Waals surface area contributed by atoms with Gasteiger partial charge in [0.2, 0.25) is 5.88 Å². The number of aliphatic imine (C=N–C) groups is 1. The zero-order chi connectivity index (χ0) is 18.9. The number of nitrogens with zero attached hydrogens (tertiary/aromatic N) is 3. The van der Waals surface area contributed by atoms with Crippen molar-refractivity contribution < 1.29 is 4.74 Å². The number of aromatic nitrogens is 1. The third-order valence-corrected chi connectivity index (χ3v) is 5.45. The number of likely N-dealkylation sites (tertiary alicyclic amines) is 1. The monoisotopic (exact) mass is 373 g/mol. The molecule has 0 spiro atoms. The fraction of sp³-hybridized carbons (Fsp3) is 0.714. The Morgan fingerprint density at radius 1 is 1.30 bits per heavy atom. The Labute approximate surface area is 163 Å². The van der Waals surface area contributed by atoms with E-state index in [1.165, 1.54) is 38.6 Å². The Balaban J connectivity index is 1.57. The Kier molecular flexibility index (Phi) is 7.75. The number of ether oxygens (including phenoxy) is 1. The molecular weight excluding hydrogens is 338 g/mol.